The molecule has 1 aromatic carbocycles. The van der Waals surface area contributed by atoms with Crippen LogP contribution in [0.4, 0.5) is 0 Å². The Balaban J connectivity index is 1.74. The second-order valence-corrected chi connectivity index (χ2v) is 8.80. The van der Waals surface area contributed by atoms with Gasteiger partial charge in [0.25, 0.3) is 5.91 Å². The van der Waals surface area contributed by atoms with Crippen LogP contribution in [0.5, 0.6) is 5.75 Å². The Morgan fingerprint density at radius 3 is 2.68 bits per heavy atom. The zero-order valence-corrected chi connectivity index (χ0v) is 18.8. The Morgan fingerprint density at radius 2 is 2.00 bits per heavy atom. The second-order valence-electron chi connectivity index (χ2n) is 8.80. The third-order valence-corrected chi connectivity index (χ3v) is 6.08. The van der Waals surface area contributed by atoms with Gasteiger partial charge in [-0.15, -0.1) is 0 Å². The highest BCUT2D eigenvalue weighted by Crippen LogP contribution is 2.27. The van der Waals surface area contributed by atoms with Crippen LogP contribution in [0.2, 0.25) is 0 Å². The number of aromatic nitrogens is 1. The minimum absolute atomic E-state index is 0.140. The molecule has 1 saturated carbocycles. The molecule has 7 nitrogen and oxygen atoms in total. The van der Waals surface area contributed by atoms with Gasteiger partial charge < -0.3 is 19.9 Å². The van der Waals surface area contributed by atoms with Gasteiger partial charge in [-0.25, -0.2) is 0 Å². The summed E-state index contributed by atoms with van der Waals surface area (Å²) in [6.07, 6.45) is 3.99. The normalized spacial score (nSPS) is 19.6. The quantitative estimate of drug-likeness (QED) is 0.711. The lowest BCUT2D eigenvalue weighted by Crippen LogP contribution is -2.50. The lowest BCUT2D eigenvalue weighted by Gasteiger charge is -2.32. The molecule has 1 aliphatic rings. The van der Waals surface area contributed by atoms with E-state index in [0.717, 1.165) is 35.9 Å². The van der Waals surface area contributed by atoms with Crippen LogP contribution in [-0.4, -0.2) is 35.6 Å². The Labute approximate surface area is 183 Å². The van der Waals surface area contributed by atoms with Crippen molar-refractivity contribution in [1.29, 1.82) is 5.26 Å². The summed E-state index contributed by atoms with van der Waals surface area (Å²) in [5.41, 5.74) is 1.45. The van der Waals surface area contributed by atoms with E-state index in [2.05, 4.69) is 16.7 Å². The number of hydrogen-bond donors (Lipinski definition) is 2. The first kappa shape index (κ1) is 22.7. The third-order valence-electron chi connectivity index (χ3n) is 6.08. The maximum atomic E-state index is 13.1. The standard InChI is InChI=1S/C24H32N4O3/c1-15(2)11-17(14-25)26-23(29)19-7-5-6-8-20(19)27-24(30)22-12-16-9-10-18(31-4)13-21(16)28(22)3/h9-10,12-13,15,17,19-20H,5-8,11H2,1-4H3,(H,26,29)(H,27,30)/t17-,19+,20-/m0/s1. The van der Waals surface area contributed by atoms with Crippen LogP contribution in [0.25, 0.3) is 10.9 Å². The number of methoxy groups -OCH3 is 1. The summed E-state index contributed by atoms with van der Waals surface area (Å²) >= 11 is 0. The second kappa shape index (κ2) is 9.86. The van der Waals surface area contributed by atoms with Crippen molar-refractivity contribution in [3.63, 3.8) is 0 Å². The van der Waals surface area contributed by atoms with Crippen molar-refractivity contribution < 1.29 is 14.3 Å². The number of amides is 2. The van der Waals surface area contributed by atoms with Crippen LogP contribution in [0.3, 0.4) is 0 Å². The van der Waals surface area contributed by atoms with E-state index >= 15 is 0 Å². The lowest BCUT2D eigenvalue weighted by molar-refractivity contribution is -0.127. The van der Waals surface area contributed by atoms with E-state index in [1.165, 1.54) is 0 Å². The van der Waals surface area contributed by atoms with E-state index in [0.29, 0.717) is 24.5 Å². The first-order chi connectivity index (χ1) is 14.8. The summed E-state index contributed by atoms with van der Waals surface area (Å²) < 4.78 is 7.14. The fraction of sp³-hybridized carbons (Fsp3) is 0.542. The number of ether oxygens (including phenoxy) is 1. The van der Waals surface area contributed by atoms with E-state index in [1.807, 2.05) is 49.7 Å². The van der Waals surface area contributed by atoms with Crippen molar-refractivity contribution >= 4 is 22.7 Å². The average molecular weight is 425 g/mol. The Bertz CT molecular complexity index is 989. The number of carbonyl (C=O) groups excluding carboxylic acids is 2. The van der Waals surface area contributed by atoms with E-state index in [1.54, 1.807) is 7.11 Å². The predicted molar refractivity (Wildman–Crippen MR) is 120 cm³/mol. The number of nitrogens with zero attached hydrogens (tertiary/aromatic N) is 2. The van der Waals surface area contributed by atoms with Crippen molar-refractivity contribution in [3.05, 3.63) is 30.0 Å². The number of aryl methyl sites for hydroxylation is 1. The molecule has 0 radical (unpaired) electrons. The smallest absolute Gasteiger partial charge is 0.268 e. The van der Waals surface area contributed by atoms with E-state index in [9.17, 15) is 14.9 Å². The predicted octanol–water partition coefficient (Wildman–Crippen LogP) is 3.53. The Hall–Kier alpha value is -3.01. The van der Waals surface area contributed by atoms with Gasteiger partial charge >= 0.3 is 0 Å². The van der Waals surface area contributed by atoms with E-state index < -0.39 is 6.04 Å². The number of fused-ring (bicyclic) bond motifs is 1. The number of benzene rings is 1. The molecule has 0 aliphatic heterocycles. The molecule has 2 aromatic rings. The molecule has 1 fully saturated rings. The highest BCUT2D eigenvalue weighted by molar-refractivity contribution is 5.99. The van der Waals surface area contributed by atoms with Crippen LogP contribution in [0.15, 0.2) is 24.3 Å². The minimum Gasteiger partial charge on any atom is -0.497 e. The molecule has 3 rings (SSSR count). The van der Waals surface area contributed by atoms with Crippen molar-refractivity contribution in [2.24, 2.45) is 18.9 Å². The Kier molecular flexibility index (Phi) is 7.21. The molecule has 0 spiro atoms. The fourth-order valence-electron chi connectivity index (χ4n) is 4.41. The summed E-state index contributed by atoms with van der Waals surface area (Å²) in [7, 11) is 3.47. The summed E-state index contributed by atoms with van der Waals surface area (Å²) in [6.45, 7) is 4.05. The number of nitrogens with one attached hydrogen (secondary N) is 2. The van der Waals surface area contributed by atoms with Crippen molar-refractivity contribution in [2.75, 3.05) is 7.11 Å². The van der Waals surface area contributed by atoms with Gasteiger partial charge in [0.1, 0.15) is 17.5 Å². The fourth-order valence-corrected chi connectivity index (χ4v) is 4.41. The largest absolute Gasteiger partial charge is 0.497 e. The molecule has 2 amide bonds. The third kappa shape index (κ3) is 5.19. The van der Waals surface area contributed by atoms with E-state index in [4.69, 9.17) is 4.74 Å². The molecule has 0 unspecified atom stereocenters. The van der Waals surface area contributed by atoms with Gasteiger partial charge in [-0.3, -0.25) is 9.59 Å². The van der Waals surface area contributed by atoms with Crippen LogP contribution < -0.4 is 15.4 Å². The van der Waals surface area contributed by atoms with Crippen LogP contribution in [-0.2, 0) is 11.8 Å². The van der Waals surface area contributed by atoms with Crippen LogP contribution in [0.1, 0.15) is 56.4 Å². The van der Waals surface area contributed by atoms with Gasteiger partial charge in [0.15, 0.2) is 0 Å². The Morgan fingerprint density at radius 1 is 1.26 bits per heavy atom. The molecular weight excluding hydrogens is 392 g/mol. The highest BCUT2D eigenvalue weighted by atomic mass is 16.5. The molecule has 166 valence electrons. The first-order valence-electron chi connectivity index (χ1n) is 11.0. The summed E-state index contributed by atoms with van der Waals surface area (Å²) in [6, 6.07) is 9.00. The van der Waals surface area contributed by atoms with Gasteiger partial charge in [-0.05, 0) is 43.4 Å². The maximum absolute atomic E-state index is 13.1. The lowest BCUT2D eigenvalue weighted by atomic mass is 9.83. The molecular formula is C24H32N4O3. The molecule has 2 N–H and O–H groups in total. The summed E-state index contributed by atoms with van der Waals surface area (Å²) in [5.74, 6) is 0.394. The molecule has 7 heteroatoms. The summed E-state index contributed by atoms with van der Waals surface area (Å²) in [5, 5.41) is 16.3. The topological polar surface area (TPSA) is 96.2 Å². The first-order valence-corrected chi connectivity index (χ1v) is 11.0. The number of carbonyl (C=O) groups is 2. The molecule has 1 heterocycles. The number of nitriles is 1. The number of rotatable bonds is 7. The number of hydrogen-bond acceptors (Lipinski definition) is 4. The maximum Gasteiger partial charge on any atom is 0.268 e. The van der Waals surface area contributed by atoms with Crippen LogP contribution >= 0.6 is 0 Å². The molecule has 3 atom stereocenters. The van der Waals surface area contributed by atoms with Gasteiger partial charge in [0.2, 0.25) is 5.91 Å². The SMILES string of the molecule is COc1ccc2cc(C(=O)N[C@H]3CCCC[C@H]3C(=O)N[C@H](C#N)CC(C)C)n(C)c2c1. The monoisotopic (exact) mass is 424 g/mol. The van der Waals surface area contributed by atoms with E-state index in [-0.39, 0.29) is 23.8 Å². The van der Waals surface area contributed by atoms with Crippen LogP contribution in [0, 0.1) is 23.2 Å². The van der Waals surface area contributed by atoms with Crippen molar-refractivity contribution in [1.82, 2.24) is 15.2 Å². The van der Waals surface area contributed by atoms with Gasteiger partial charge in [0.05, 0.1) is 24.6 Å². The van der Waals surface area contributed by atoms with Gasteiger partial charge in [-0.2, -0.15) is 5.26 Å². The highest BCUT2D eigenvalue weighted by Gasteiger charge is 2.33. The summed E-state index contributed by atoms with van der Waals surface area (Å²) in [4.78, 5) is 26.0. The molecule has 31 heavy (non-hydrogen) atoms. The minimum atomic E-state index is -0.501. The van der Waals surface area contributed by atoms with Gasteiger partial charge in [0, 0.05) is 24.5 Å². The molecule has 1 aliphatic carbocycles. The zero-order chi connectivity index (χ0) is 22.5. The van der Waals surface area contributed by atoms with Gasteiger partial charge in [-0.1, -0.05) is 26.7 Å². The van der Waals surface area contributed by atoms with Crippen molar-refractivity contribution in [3.8, 4) is 11.8 Å². The average Bonchev–Trinajstić information content (AvgIpc) is 3.09. The zero-order valence-electron chi connectivity index (χ0n) is 18.8. The molecule has 0 saturated heterocycles. The van der Waals surface area contributed by atoms with Crippen molar-refractivity contribution in [2.45, 2.75) is 58.0 Å². The molecule has 1 aromatic heterocycles. The molecule has 0 bridgehead atoms.